The highest BCUT2D eigenvalue weighted by Gasteiger charge is 2.56. The summed E-state index contributed by atoms with van der Waals surface area (Å²) in [5.74, 6) is -2.80. The highest BCUT2D eigenvalue weighted by atomic mass is 32.2. The fourth-order valence-electron chi connectivity index (χ4n) is 4.17. The third kappa shape index (κ3) is 5.34. The van der Waals surface area contributed by atoms with Crippen molar-refractivity contribution in [2.45, 2.75) is 57.9 Å². The van der Waals surface area contributed by atoms with Gasteiger partial charge in [-0.25, -0.2) is 21.6 Å². The summed E-state index contributed by atoms with van der Waals surface area (Å²) in [5, 5.41) is 2.81. The molecule has 1 amide bonds. The topological polar surface area (TPSA) is 75.3 Å². The van der Waals surface area contributed by atoms with E-state index in [0.717, 1.165) is 12.3 Å². The number of nitrogens with one attached hydrogen (secondary N) is 2. The van der Waals surface area contributed by atoms with Crippen molar-refractivity contribution in [1.29, 1.82) is 0 Å². The van der Waals surface area contributed by atoms with Crippen LogP contribution < -0.4 is 10.0 Å². The molecule has 3 atom stereocenters. The molecule has 2 aromatic carbocycles. The lowest BCUT2D eigenvalue weighted by molar-refractivity contribution is -0.123. The lowest BCUT2D eigenvalue weighted by Crippen LogP contribution is -2.30. The van der Waals surface area contributed by atoms with Gasteiger partial charge < -0.3 is 5.32 Å². The molecule has 9 heteroatoms. The summed E-state index contributed by atoms with van der Waals surface area (Å²) in [5.41, 5.74) is -0.672. The SMILES string of the molecule is CC(NC(=O)C1CC1(C)c1cc(F)c(C(C)(C)C)c(F)c1)c1ccc(NS(C)(=O)=O)c(F)c1. The van der Waals surface area contributed by atoms with Gasteiger partial charge in [0, 0.05) is 16.9 Å². The Morgan fingerprint density at radius 1 is 1.09 bits per heavy atom. The summed E-state index contributed by atoms with van der Waals surface area (Å²) in [7, 11) is -3.62. The lowest BCUT2D eigenvalue weighted by Gasteiger charge is -2.23. The number of halogens is 3. The van der Waals surface area contributed by atoms with Crippen LogP contribution in [0.4, 0.5) is 18.9 Å². The zero-order valence-electron chi connectivity index (χ0n) is 19.5. The molecule has 2 N–H and O–H groups in total. The van der Waals surface area contributed by atoms with Crippen molar-refractivity contribution < 1.29 is 26.4 Å². The molecule has 33 heavy (non-hydrogen) atoms. The van der Waals surface area contributed by atoms with Gasteiger partial charge >= 0.3 is 0 Å². The largest absolute Gasteiger partial charge is 0.349 e. The van der Waals surface area contributed by atoms with E-state index in [1.54, 1.807) is 34.6 Å². The van der Waals surface area contributed by atoms with E-state index in [-0.39, 0.29) is 17.2 Å². The van der Waals surface area contributed by atoms with Gasteiger partial charge in [-0.2, -0.15) is 0 Å². The van der Waals surface area contributed by atoms with E-state index < -0.39 is 50.3 Å². The van der Waals surface area contributed by atoms with Crippen LogP contribution in [0.15, 0.2) is 30.3 Å². The van der Waals surface area contributed by atoms with E-state index in [2.05, 4.69) is 10.0 Å². The van der Waals surface area contributed by atoms with Gasteiger partial charge in [0.05, 0.1) is 18.0 Å². The zero-order valence-corrected chi connectivity index (χ0v) is 20.3. The Bertz CT molecular complexity index is 1180. The monoisotopic (exact) mass is 482 g/mol. The summed E-state index contributed by atoms with van der Waals surface area (Å²) in [6, 6.07) is 6.02. The number of amides is 1. The number of hydrogen-bond donors (Lipinski definition) is 2. The molecule has 3 rings (SSSR count). The minimum absolute atomic E-state index is 0.0148. The molecule has 180 valence electrons. The number of carbonyl (C=O) groups is 1. The molecular weight excluding hydrogens is 453 g/mol. The number of rotatable bonds is 6. The molecule has 0 aromatic heterocycles. The molecule has 0 aliphatic heterocycles. The Morgan fingerprint density at radius 3 is 2.15 bits per heavy atom. The normalized spacial score (nSPS) is 21.4. The molecular formula is C24H29F3N2O3S. The first kappa shape index (κ1) is 25.1. The van der Waals surface area contributed by atoms with E-state index in [1.165, 1.54) is 24.3 Å². The van der Waals surface area contributed by atoms with E-state index in [0.29, 0.717) is 17.5 Å². The van der Waals surface area contributed by atoms with Gasteiger partial charge in [-0.05, 0) is 54.2 Å². The average molecular weight is 483 g/mol. The highest BCUT2D eigenvalue weighted by Crippen LogP contribution is 2.54. The van der Waals surface area contributed by atoms with E-state index in [1.807, 2.05) is 0 Å². The van der Waals surface area contributed by atoms with Crippen LogP contribution in [0.5, 0.6) is 0 Å². The first-order chi connectivity index (χ1) is 15.0. The summed E-state index contributed by atoms with van der Waals surface area (Å²) in [6.07, 6.45) is 1.36. The van der Waals surface area contributed by atoms with Crippen LogP contribution in [-0.2, 0) is 25.6 Å². The Hall–Kier alpha value is -2.55. The van der Waals surface area contributed by atoms with Crippen molar-refractivity contribution in [3.63, 3.8) is 0 Å². The Kier molecular flexibility index (Phi) is 6.34. The molecule has 0 bridgehead atoms. The number of sulfonamides is 1. The third-order valence-corrected chi connectivity index (χ3v) is 6.74. The maximum atomic E-state index is 14.7. The van der Waals surface area contributed by atoms with Gasteiger partial charge in [-0.15, -0.1) is 0 Å². The zero-order chi connectivity index (χ0) is 24.9. The molecule has 0 spiro atoms. The maximum Gasteiger partial charge on any atom is 0.229 e. The quantitative estimate of drug-likeness (QED) is 0.613. The van der Waals surface area contributed by atoms with Crippen LogP contribution in [0.3, 0.4) is 0 Å². The van der Waals surface area contributed by atoms with Gasteiger partial charge in [0.25, 0.3) is 0 Å². The fourth-order valence-corrected chi connectivity index (χ4v) is 4.73. The number of hydrogen-bond acceptors (Lipinski definition) is 3. The van der Waals surface area contributed by atoms with Crippen molar-refractivity contribution in [2.75, 3.05) is 11.0 Å². The molecule has 5 nitrogen and oxygen atoms in total. The first-order valence-electron chi connectivity index (χ1n) is 10.6. The Balaban J connectivity index is 1.73. The highest BCUT2D eigenvalue weighted by molar-refractivity contribution is 7.92. The summed E-state index contributed by atoms with van der Waals surface area (Å²) < 4.78 is 68.3. The molecule has 0 saturated heterocycles. The van der Waals surface area contributed by atoms with Gasteiger partial charge in [0.2, 0.25) is 15.9 Å². The maximum absolute atomic E-state index is 14.7. The number of carbonyl (C=O) groups excluding carboxylic acids is 1. The fraction of sp³-hybridized carbons (Fsp3) is 0.458. The summed E-state index contributed by atoms with van der Waals surface area (Å²) in [6.45, 7) is 8.66. The second-order valence-electron chi connectivity index (χ2n) is 10.1. The molecule has 1 fully saturated rings. The third-order valence-electron chi connectivity index (χ3n) is 6.15. The Morgan fingerprint density at radius 2 is 1.67 bits per heavy atom. The van der Waals surface area contributed by atoms with Crippen LogP contribution in [0.2, 0.25) is 0 Å². The average Bonchev–Trinajstić information content (AvgIpc) is 3.34. The molecule has 1 aliphatic carbocycles. The molecule has 3 unspecified atom stereocenters. The van der Waals surface area contributed by atoms with Crippen LogP contribution >= 0.6 is 0 Å². The van der Waals surface area contributed by atoms with Crippen molar-refractivity contribution in [3.05, 3.63) is 64.5 Å². The van der Waals surface area contributed by atoms with E-state index in [9.17, 15) is 26.4 Å². The summed E-state index contributed by atoms with van der Waals surface area (Å²) >= 11 is 0. The smallest absolute Gasteiger partial charge is 0.229 e. The minimum Gasteiger partial charge on any atom is -0.349 e. The van der Waals surface area contributed by atoms with Crippen LogP contribution in [-0.4, -0.2) is 20.6 Å². The molecule has 0 radical (unpaired) electrons. The van der Waals surface area contributed by atoms with E-state index in [4.69, 9.17) is 0 Å². The van der Waals surface area contributed by atoms with Crippen molar-refractivity contribution in [1.82, 2.24) is 5.32 Å². The lowest BCUT2D eigenvalue weighted by atomic mass is 9.83. The summed E-state index contributed by atoms with van der Waals surface area (Å²) in [4.78, 5) is 12.8. The van der Waals surface area contributed by atoms with Gasteiger partial charge in [-0.1, -0.05) is 33.8 Å². The number of benzene rings is 2. The van der Waals surface area contributed by atoms with Gasteiger partial charge in [0.15, 0.2) is 0 Å². The molecule has 1 saturated carbocycles. The molecule has 2 aromatic rings. The van der Waals surface area contributed by atoms with Crippen molar-refractivity contribution >= 4 is 21.6 Å². The standard InChI is InChI=1S/C24H29F3N2O3S/c1-13(14-7-8-20(17(25)9-14)29-33(6,31)32)28-22(30)16-12-24(16,5)15-10-18(26)21(19(27)11-15)23(2,3)4/h7-11,13,16,29H,12H2,1-6H3,(H,28,30). The Labute approximate surface area is 192 Å². The van der Waals surface area contributed by atoms with Crippen molar-refractivity contribution in [3.8, 4) is 0 Å². The second-order valence-corrected chi connectivity index (χ2v) is 11.8. The first-order valence-corrected chi connectivity index (χ1v) is 12.5. The van der Waals surface area contributed by atoms with Crippen molar-refractivity contribution in [2.24, 2.45) is 5.92 Å². The van der Waals surface area contributed by atoms with Gasteiger partial charge in [0.1, 0.15) is 17.5 Å². The molecule has 1 aliphatic rings. The minimum atomic E-state index is -3.62. The van der Waals surface area contributed by atoms with Crippen LogP contribution in [0.1, 0.15) is 63.8 Å². The second kappa shape index (κ2) is 8.34. The van der Waals surface area contributed by atoms with Crippen LogP contribution in [0, 0.1) is 23.4 Å². The predicted octanol–water partition coefficient (Wildman–Crippen LogP) is 4.93. The predicted molar refractivity (Wildman–Crippen MR) is 122 cm³/mol. The molecule has 0 heterocycles. The van der Waals surface area contributed by atoms with E-state index >= 15 is 0 Å². The van der Waals surface area contributed by atoms with Crippen LogP contribution in [0.25, 0.3) is 0 Å². The number of anilines is 1. The van der Waals surface area contributed by atoms with Gasteiger partial charge in [-0.3, -0.25) is 9.52 Å².